The molecule has 1 aliphatic rings. The van der Waals surface area contributed by atoms with Gasteiger partial charge in [0.15, 0.2) is 5.16 Å². The van der Waals surface area contributed by atoms with E-state index < -0.39 is 0 Å². The molecule has 3 heterocycles. The monoisotopic (exact) mass is 429 g/mol. The Kier molecular flexibility index (Phi) is 4.42. The minimum Gasteiger partial charge on any atom is -0.467 e. The predicted molar refractivity (Wildman–Crippen MR) is 119 cm³/mol. The molecule has 154 valence electrons. The number of hydrogen-bond acceptors (Lipinski definition) is 6. The molecular formula is C24H19N3O3S. The number of furan rings is 1. The van der Waals surface area contributed by atoms with Crippen molar-refractivity contribution in [2.45, 2.75) is 36.2 Å². The van der Waals surface area contributed by atoms with Crippen LogP contribution in [-0.2, 0) is 12.3 Å². The Bertz CT molecular complexity index is 1450. The van der Waals surface area contributed by atoms with Crippen LogP contribution >= 0.6 is 11.8 Å². The van der Waals surface area contributed by atoms with Gasteiger partial charge in [-0.05, 0) is 47.4 Å². The lowest BCUT2D eigenvalue weighted by molar-refractivity contribution is 0.478. The molecule has 31 heavy (non-hydrogen) atoms. The molecule has 7 heteroatoms. The highest BCUT2D eigenvalue weighted by atomic mass is 32.2. The van der Waals surface area contributed by atoms with Crippen LogP contribution in [-0.4, -0.2) is 14.8 Å². The third kappa shape index (κ3) is 3.45. The lowest BCUT2D eigenvalue weighted by Gasteiger charge is -2.10. The second-order valence-electron chi connectivity index (χ2n) is 7.82. The van der Waals surface area contributed by atoms with Crippen molar-refractivity contribution in [1.82, 2.24) is 14.8 Å². The highest BCUT2D eigenvalue weighted by Gasteiger charge is 2.30. The Labute approximate surface area is 181 Å². The predicted octanol–water partition coefficient (Wildman–Crippen LogP) is 5.35. The van der Waals surface area contributed by atoms with Crippen molar-refractivity contribution < 1.29 is 8.83 Å². The molecule has 0 atom stereocenters. The lowest BCUT2D eigenvalue weighted by atomic mass is 10.0. The summed E-state index contributed by atoms with van der Waals surface area (Å²) in [5, 5.41) is 12.9. The fourth-order valence-electron chi connectivity index (χ4n) is 4.03. The van der Waals surface area contributed by atoms with Gasteiger partial charge in [0, 0.05) is 23.1 Å². The van der Waals surface area contributed by atoms with E-state index in [-0.39, 0.29) is 5.63 Å². The number of rotatable bonds is 6. The van der Waals surface area contributed by atoms with Crippen LogP contribution in [0.4, 0.5) is 0 Å². The largest absolute Gasteiger partial charge is 0.467 e. The Balaban J connectivity index is 1.39. The Morgan fingerprint density at radius 3 is 2.81 bits per heavy atom. The topological polar surface area (TPSA) is 74.1 Å². The molecule has 5 aromatic rings. The third-order valence-corrected chi connectivity index (χ3v) is 6.67. The normalized spacial score (nSPS) is 13.9. The van der Waals surface area contributed by atoms with E-state index in [1.807, 2.05) is 36.4 Å². The van der Waals surface area contributed by atoms with Crippen molar-refractivity contribution >= 4 is 33.5 Å². The van der Waals surface area contributed by atoms with Gasteiger partial charge >= 0.3 is 5.63 Å². The molecule has 0 unspecified atom stereocenters. The summed E-state index contributed by atoms with van der Waals surface area (Å²) in [5.74, 6) is 2.96. The van der Waals surface area contributed by atoms with E-state index in [4.69, 9.17) is 8.83 Å². The fourth-order valence-corrected chi connectivity index (χ4v) is 4.96. The van der Waals surface area contributed by atoms with E-state index in [1.54, 1.807) is 24.1 Å². The first-order valence-corrected chi connectivity index (χ1v) is 11.3. The molecule has 0 N–H and O–H groups in total. The van der Waals surface area contributed by atoms with Crippen molar-refractivity contribution in [2.75, 3.05) is 0 Å². The van der Waals surface area contributed by atoms with Crippen molar-refractivity contribution in [3.8, 4) is 0 Å². The fraction of sp³-hybridized carbons (Fsp3) is 0.208. The van der Waals surface area contributed by atoms with Crippen molar-refractivity contribution in [2.24, 2.45) is 0 Å². The highest BCUT2D eigenvalue weighted by molar-refractivity contribution is 7.98. The summed E-state index contributed by atoms with van der Waals surface area (Å²) in [5.41, 5.74) is 1.21. The summed E-state index contributed by atoms with van der Waals surface area (Å²) in [6.07, 6.45) is 3.98. The Morgan fingerprint density at radius 1 is 1.06 bits per heavy atom. The number of benzene rings is 2. The zero-order chi connectivity index (χ0) is 20.8. The maximum Gasteiger partial charge on any atom is 0.336 e. The first-order valence-electron chi connectivity index (χ1n) is 10.3. The van der Waals surface area contributed by atoms with E-state index >= 15 is 0 Å². The van der Waals surface area contributed by atoms with E-state index in [1.165, 1.54) is 0 Å². The summed E-state index contributed by atoms with van der Waals surface area (Å²) >= 11 is 1.59. The van der Waals surface area contributed by atoms with E-state index in [2.05, 4.69) is 26.9 Å². The minimum atomic E-state index is -0.339. The van der Waals surface area contributed by atoms with Crippen LogP contribution in [0.1, 0.15) is 35.9 Å². The quantitative estimate of drug-likeness (QED) is 0.206. The second-order valence-corrected chi connectivity index (χ2v) is 8.76. The minimum absolute atomic E-state index is 0.339. The van der Waals surface area contributed by atoms with Crippen LogP contribution in [0.2, 0.25) is 0 Å². The zero-order valence-corrected chi connectivity index (χ0v) is 17.5. The smallest absolute Gasteiger partial charge is 0.336 e. The zero-order valence-electron chi connectivity index (χ0n) is 16.7. The van der Waals surface area contributed by atoms with Gasteiger partial charge < -0.3 is 8.83 Å². The van der Waals surface area contributed by atoms with Crippen LogP contribution in [0, 0.1) is 0 Å². The molecule has 0 aliphatic heterocycles. The average Bonchev–Trinajstić information content (AvgIpc) is 3.35. The van der Waals surface area contributed by atoms with Gasteiger partial charge in [-0.15, -0.1) is 10.2 Å². The van der Waals surface area contributed by atoms with E-state index in [0.717, 1.165) is 51.3 Å². The molecule has 3 aromatic heterocycles. The standard InChI is InChI=1S/C24H19N3O3S/c28-21-12-17(22-19-6-2-1-4-15(19)9-10-20(22)30-21)14-31-24-26-25-23(16-7-8-16)27(24)13-18-5-3-11-29-18/h1-6,9-12,16H,7-8,13-14H2. The van der Waals surface area contributed by atoms with Crippen LogP contribution < -0.4 is 5.63 Å². The van der Waals surface area contributed by atoms with Gasteiger partial charge in [0.1, 0.15) is 17.2 Å². The van der Waals surface area contributed by atoms with Gasteiger partial charge in [0.2, 0.25) is 0 Å². The van der Waals surface area contributed by atoms with Gasteiger partial charge in [-0.1, -0.05) is 42.1 Å². The molecule has 0 spiro atoms. The van der Waals surface area contributed by atoms with E-state index in [0.29, 0.717) is 23.8 Å². The van der Waals surface area contributed by atoms with Crippen LogP contribution in [0.3, 0.4) is 0 Å². The summed E-state index contributed by atoms with van der Waals surface area (Å²) in [6.45, 7) is 0.606. The third-order valence-electron chi connectivity index (χ3n) is 5.65. The molecule has 1 aliphatic carbocycles. The average molecular weight is 430 g/mol. The highest BCUT2D eigenvalue weighted by Crippen LogP contribution is 2.40. The molecule has 0 amide bonds. The number of fused-ring (bicyclic) bond motifs is 3. The molecule has 1 saturated carbocycles. The number of aromatic nitrogens is 3. The molecule has 0 saturated heterocycles. The first kappa shape index (κ1) is 18.4. The second kappa shape index (κ2) is 7.42. The van der Waals surface area contributed by atoms with Crippen LogP contribution in [0.25, 0.3) is 21.7 Å². The molecule has 6 nitrogen and oxygen atoms in total. The van der Waals surface area contributed by atoms with Crippen molar-refractivity contribution in [3.63, 3.8) is 0 Å². The van der Waals surface area contributed by atoms with Gasteiger partial charge in [-0.3, -0.25) is 4.57 Å². The molecule has 6 rings (SSSR count). The van der Waals surface area contributed by atoms with Crippen molar-refractivity contribution in [3.05, 3.63) is 88.4 Å². The summed E-state index contributed by atoms with van der Waals surface area (Å²) in [7, 11) is 0. The van der Waals surface area contributed by atoms with Crippen LogP contribution in [0.5, 0.6) is 0 Å². The molecule has 1 fully saturated rings. The maximum absolute atomic E-state index is 12.2. The van der Waals surface area contributed by atoms with Gasteiger partial charge in [0.05, 0.1) is 12.8 Å². The molecule has 2 aromatic carbocycles. The molecule has 0 radical (unpaired) electrons. The first-order chi connectivity index (χ1) is 15.3. The number of thioether (sulfide) groups is 1. The number of hydrogen-bond donors (Lipinski definition) is 0. The van der Waals surface area contributed by atoms with Gasteiger partial charge in [0.25, 0.3) is 0 Å². The Hall–Kier alpha value is -3.32. The Morgan fingerprint density at radius 2 is 1.97 bits per heavy atom. The molecular weight excluding hydrogens is 410 g/mol. The summed E-state index contributed by atoms with van der Waals surface area (Å²) in [6, 6.07) is 17.5. The van der Waals surface area contributed by atoms with E-state index in [9.17, 15) is 4.79 Å². The molecule has 0 bridgehead atoms. The summed E-state index contributed by atoms with van der Waals surface area (Å²) < 4.78 is 13.2. The summed E-state index contributed by atoms with van der Waals surface area (Å²) in [4.78, 5) is 12.2. The SMILES string of the molecule is O=c1cc(CSc2nnc(C3CC3)n2Cc2ccco2)c2c(ccc3ccccc32)o1. The number of nitrogens with zero attached hydrogens (tertiary/aromatic N) is 3. The van der Waals surface area contributed by atoms with Gasteiger partial charge in [-0.25, -0.2) is 4.79 Å². The maximum atomic E-state index is 12.2. The lowest BCUT2D eigenvalue weighted by Crippen LogP contribution is -2.06. The van der Waals surface area contributed by atoms with Gasteiger partial charge in [-0.2, -0.15) is 0 Å². The van der Waals surface area contributed by atoms with Crippen molar-refractivity contribution in [1.29, 1.82) is 0 Å². The van der Waals surface area contributed by atoms with Crippen LogP contribution in [0.15, 0.2) is 79.6 Å².